The largest absolute Gasteiger partial charge is 0.274 e. The lowest BCUT2D eigenvalue weighted by Gasteiger charge is -2.22. The Labute approximate surface area is 161 Å². The highest BCUT2D eigenvalue weighted by Gasteiger charge is 2.61. The Bertz CT molecular complexity index is 949. The molecule has 130 valence electrons. The van der Waals surface area contributed by atoms with Crippen LogP contribution in [-0.4, -0.2) is 11.8 Å². The van der Waals surface area contributed by atoms with E-state index in [1.807, 2.05) is 18.2 Å². The molecule has 2 amide bonds. The highest BCUT2D eigenvalue weighted by molar-refractivity contribution is 6.35. The summed E-state index contributed by atoms with van der Waals surface area (Å²) in [6.45, 7) is 0. The maximum Gasteiger partial charge on any atom is 0.238 e. The van der Waals surface area contributed by atoms with Crippen molar-refractivity contribution in [2.75, 3.05) is 4.90 Å². The van der Waals surface area contributed by atoms with Crippen LogP contribution in [-0.2, 0) is 9.59 Å². The summed E-state index contributed by atoms with van der Waals surface area (Å²) < 4.78 is 0. The molecule has 4 unspecified atom stereocenters. The summed E-state index contributed by atoms with van der Waals surface area (Å²) in [5, 5.41) is 0.826. The second kappa shape index (κ2) is 5.70. The molecule has 5 heteroatoms. The van der Waals surface area contributed by atoms with Crippen LogP contribution in [0.3, 0.4) is 0 Å². The molecule has 26 heavy (non-hydrogen) atoms. The number of carbonyl (C=O) groups is 2. The quantitative estimate of drug-likeness (QED) is 0.696. The maximum atomic E-state index is 13.2. The molecular weight excluding hydrogens is 369 g/mol. The van der Waals surface area contributed by atoms with E-state index in [0.717, 1.165) is 12.0 Å². The first-order chi connectivity index (χ1) is 12.5. The predicted octanol–water partition coefficient (Wildman–Crippen LogP) is 4.83. The first-order valence-electron chi connectivity index (χ1n) is 8.65. The lowest BCUT2D eigenvalue weighted by atomic mass is 9.79. The van der Waals surface area contributed by atoms with Crippen LogP contribution in [0.25, 0.3) is 5.57 Å². The van der Waals surface area contributed by atoms with Crippen molar-refractivity contribution >= 4 is 46.3 Å². The van der Waals surface area contributed by atoms with E-state index in [9.17, 15) is 9.59 Å². The van der Waals surface area contributed by atoms with Crippen molar-refractivity contribution in [2.45, 2.75) is 6.42 Å². The summed E-state index contributed by atoms with van der Waals surface area (Å²) in [6.07, 6.45) is 3.07. The van der Waals surface area contributed by atoms with Gasteiger partial charge >= 0.3 is 0 Å². The van der Waals surface area contributed by atoms with Crippen molar-refractivity contribution in [3.8, 4) is 0 Å². The molecular formula is C21H15Cl2NO2. The number of halogens is 2. The molecule has 3 aliphatic rings. The molecule has 0 N–H and O–H groups in total. The molecule has 2 bridgehead atoms. The number of anilines is 1. The Morgan fingerprint density at radius 1 is 0.885 bits per heavy atom. The fourth-order valence-electron chi connectivity index (χ4n) is 4.88. The molecule has 1 saturated carbocycles. The standard InChI is InChI=1S/C21H15Cl2NO2/c22-13-8-14(23)10-15(9-13)24-20(25)18-12-6-16(11-4-2-1-3-5-11)17(7-12)19(18)21(24)26/h1-6,8-10,12,17-19H,7H2. The predicted molar refractivity (Wildman–Crippen MR) is 102 cm³/mol. The summed E-state index contributed by atoms with van der Waals surface area (Å²) in [4.78, 5) is 27.5. The van der Waals surface area contributed by atoms with Crippen molar-refractivity contribution in [1.29, 1.82) is 0 Å². The van der Waals surface area contributed by atoms with E-state index >= 15 is 0 Å². The number of imide groups is 1. The van der Waals surface area contributed by atoms with E-state index in [4.69, 9.17) is 23.2 Å². The lowest BCUT2D eigenvalue weighted by molar-refractivity contribution is -0.123. The number of hydrogen-bond acceptors (Lipinski definition) is 2. The molecule has 2 fully saturated rings. The number of carbonyl (C=O) groups excluding carboxylic acids is 2. The van der Waals surface area contributed by atoms with Gasteiger partial charge in [0.1, 0.15) is 0 Å². The van der Waals surface area contributed by atoms with Gasteiger partial charge in [-0.15, -0.1) is 0 Å². The second-order valence-electron chi connectivity index (χ2n) is 7.19. The third-order valence-electron chi connectivity index (χ3n) is 5.82. The maximum absolute atomic E-state index is 13.2. The van der Waals surface area contributed by atoms with Crippen molar-refractivity contribution in [2.24, 2.45) is 23.7 Å². The van der Waals surface area contributed by atoms with Crippen LogP contribution in [0.15, 0.2) is 54.6 Å². The van der Waals surface area contributed by atoms with Crippen LogP contribution in [0.4, 0.5) is 5.69 Å². The summed E-state index contributed by atoms with van der Waals surface area (Å²) in [7, 11) is 0. The highest BCUT2D eigenvalue weighted by Crippen LogP contribution is 2.58. The van der Waals surface area contributed by atoms with Crippen LogP contribution < -0.4 is 4.90 Å². The van der Waals surface area contributed by atoms with Gasteiger partial charge in [-0.25, -0.2) is 4.90 Å². The Morgan fingerprint density at radius 2 is 1.54 bits per heavy atom. The number of nitrogens with zero attached hydrogens (tertiary/aromatic N) is 1. The van der Waals surface area contributed by atoms with Gasteiger partial charge in [-0.1, -0.05) is 59.6 Å². The zero-order chi connectivity index (χ0) is 18.0. The van der Waals surface area contributed by atoms with E-state index in [-0.39, 0.29) is 35.5 Å². The Hall–Kier alpha value is -2.10. The number of amides is 2. The number of allylic oxidation sites excluding steroid dienone is 2. The average Bonchev–Trinajstić information content (AvgIpc) is 3.26. The topological polar surface area (TPSA) is 37.4 Å². The molecule has 2 aliphatic carbocycles. The van der Waals surface area contributed by atoms with E-state index in [2.05, 4.69) is 18.2 Å². The lowest BCUT2D eigenvalue weighted by Crippen LogP contribution is -2.32. The minimum absolute atomic E-state index is 0.100. The second-order valence-corrected chi connectivity index (χ2v) is 8.06. The fourth-order valence-corrected chi connectivity index (χ4v) is 5.40. The van der Waals surface area contributed by atoms with Gasteiger partial charge in [0.05, 0.1) is 17.5 Å². The van der Waals surface area contributed by atoms with Gasteiger partial charge in [0.25, 0.3) is 0 Å². The molecule has 0 aromatic heterocycles. The van der Waals surface area contributed by atoms with E-state index in [1.54, 1.807) is 18.2 Å². The average molecular weight is 384 g/mol. The van der Waals surface area contributed by atoms with Gasteiger partial charge in [0.2, 0.25) is 11.8 Å². The Morgan fingerprint density at radius 3 is 2.23 bits per heavy atom. The minimum atomic E-state index is -0.287. The number of benzene rings is 2. The number of hydrogen-bond donors (Lipinski definition) is 0. The van der Waals surface area contributed by atoms with Gasteiger partial charge in [-0.05, 0) is 47.6 Å². The van der Waals surface area contributed by atoms with Crippen LogP contribution in [0.5, 0.6) is 0 Å². The van der Waals surface area contributed by atoms with Crippen LogP contribution in [0, 0.1) is 23.7 Å². The Balaban J connectivity index is 1.53. The van der Waals surface area contributed by atoms with E-state index < -0.39 is 0 Å². The summed E-state index contributed by atoms with van der Waals surface area (Å²) in [5.41, 5.74) is 2.81. The van der Waals surface area contributed by atoms with Crippen LogP contribution in [0.2, 0.25) is 10.0 Å². The zero-order valence-electron chi connectivity index (χ0n) is 13.7. The van der Waals surface area contributed by atoms with Crippen LogP contribution in [0.1, 0.15) is 12.0 Å². The van der Waals surface area contributed by atoms with E-state index in [0.29, 0.717) is 15.7 Å². The molecule has 1 aliphatic heterocycles. The molecule has 1 heterocycles. The minimum Gasteiger partial charge on any atom is -0.274 e. The monoisotopic (exact) mass is 383 g/mol. The molecule has 3 nitrogen and oxygen atoms in total. The van der Waals surface area contributed by atoms with E-state index in [1.165, 1.54) is 10.5 Å². The van der Waals surface area contributed by atoms with Gasteiger partial charge in [0, 0.05) is 10.0 Å². The van der Waals surface area contributed by atoms with Crippen molar-refractivity contribution < 1.29 is 9.59 Å². The van der Waals surface area contributed by atoms with Gasteiger partial charge in [0.15, 0.2) is 0 Å². The zero-order valence-corrected chi connectivity index (χ0v) is 15.2. The molecule has 4 atom stereocenters. The molecule has 0 radical (unpaired) electrons. The molecule has 5 rings (SSSR count). The number of fused-ring (bicyclic) bond motifs is 5. The number of rotatable bonds is 2. The molecule has 2 aromatic carbocycles. The Kier molecular flexibility index (Phi) is 3.53. The highest BCUT2D eigenvalue weighted by atomic mass is 35.5. The third kappa shape index (κ3) is 2.20. The van der Waals surface area contributed by atoms with Crippen LogP contribution >= 0.6 is 23.2 Å². The first kappa shape index (κ1) is 16.1. The van der Waals surface area contributed by atoms with Crippen molar-refractivity contribution in [3.63, 3.8) is 0 Å². The van der Waals surface area contributed by atoms with Gasteiger partial charge in [-0.2, -0.15) is 0 Å². The summed E-state index contributed by atoms with van der Waals surface area (Å²) >= 11 is 12.1. The summed E-state index contributed by atoms with van der Waals surface area (Å²) in [5.74, 6) is -0.593. The molecule has 0 spiro atoms. The van der Waals surface area contributed by atoms with Gasteiger partial charge in [-0.3, -0.25) is 9.59 Å². The first-order valence-corrected chi connectivity index (χ1v) is 9.41. The molecule has 2 aromatic rings. The van der Waals surface area contributed by atoms with Crippen molar-refractivity contribution in [1.82, 2.24) is 0 Å². The fraction of sp³-hybridized carbons (Fsp3) is 0.238. The smallest absolute Gasteiger partial charge is 0.238 e. The normalized spacial score (nSPS) is 29.3. The summed E-state index contributed by atoms with van der Waals surface area (Å²) in [6, 6.07) is 15.0. The SMILES string of the molecule is O=C1C2C3C=C(c4ccccc4)C(C3)C2C(=O)N1c1cc(Cl)cc(Cl)c1. The third-order valence-corrected chi connectivity index (χ3v) is 6.26. The molecule has 1 saturated heterocycles. The van der Waals surface area contributed by atoms with Gasteiger partial charge < -0.3 is 0 Å². The van der Waals surface area contributed by atoms with Crippen molar-refractivity contribution in [3.05, 3.63) is 70.2 Å².